The number of nitrogens with two attached hydrogens (primary N) is 2. The molecule has 0 aromatic heterocycles. The van der Waals surface area contributed by atoms with Gasteiger partial charge in [-0.1, -0.05) is 30.3 Å². The number of ketones is 1. The molecule has 3 atom stereocenters. The second kappa shape index (κ2) is 4.93. The van der Waals surface area contributed by atoms with Crippen molar-refractivity contribution in [2.45, 2.75) is 43.4 Å². The Kier molecular flexibility index (Phi) is 3.34. The number of carbonyl (C=O) groups is 2. The summed E-state index contributed by atoms with van der Waals surface area (Å²) < 4.78 is 6.01. The fraction of sp³-hybridized carbons (Fsp3) is 0.500. The maximum absolute atomic E-state index is 12.6. The Balaban J connectivity index is 1.77. The molecule has 1 aliphatic carbocycles. The third kappa shape index (κ3) is 2.47. The van der Waals surface area contributed by atoms with Crippen molar-refractivity contribution in [3.05, 3.63) is 35.9 Å². The standard InChI is InChI=1S/C16H20N2O3/c17-14(20)12-6-7-15(10-12)8-9-16(18,21-15)13(19)11-4-2-1-3-5-11/h1-5,12H,6-10,18H2,(H2,17,20). The summed E-state index contributed by atoms with van der Waals surface area (Å²) in [5.74, 6) is -0.652. The van der Waals surface area contributed by atoms with Crippen molar-refractivity contribution < 1.29 is 14.3 Å². The van der Waals surface area contributed by atoms with E-state index in [4.69, 9.17) is 16.2 Å². The molecule has 0 radical (unpaired) electrons. The molecule has 1 aliphatic heterocycles. The molecular weight excluding hydrogens is 268 g/mol. The molecule has 5 heteroatoms. The van der Waals surface area contributed by atoms with Crippen molar-refractivity contribution in [1.82, 2.24) is 0 Å². The highest BCUT2D eigenvalue weighted by atomic mass is 16.5. The van der Waals surface area contributed by atoms with Gasteiger partial charge in [-0.3, -0.25) is 15.3 Å². The Morgan fingerprint density at radius 2 is 1.86 bits per heavy atom. The third-order valence-corrected chi connectivity index (χ3v) is 4.74. The molecule has 1 amide bonds. The minimum atomic E-state index is -1.28. The van der Waals surface area contributed by atoms with Crippen LogP contribution in [0.25, 0.3) is 0 Å². The lowest BCUT2D eigenvalue weighted by atomic mass is 9.94. The van der Waals surface area contributed by atoms with Gasteiger partial charge in [0, 0.05) is 17.9 Å². The Labute approximate surface area is 123 Å². The van der Waals surface area contributed by atoms with E-state index in [-0.39, 0.29) is 17.6 Å². The van der Waals surface area contributed by atoms with Crippen LogP contribution in [0.2, 0.25) is 0 Å². The lowest BCUT2D eigenvalue weighted by molar-refractivity contribution is -0.123. The molecule has 0 bridgehead atoms. The molecule has 1 heterocycles. The first-order chi connectivity index (χ1) is 9.94. The van der Waals surface area contributed by atoms with Gasteiger partial charge in [0.25, 0.3) is 0 Å². The lowest BCUT2D eigenvalue weighted by Crippen LogP contribution is -2.49. The molecule has 5 nitrogen and oxygen atoms in total. The quantitative estimate of drug-likeness (QED) is 0.821. The van der Waals surface area contributed by atoms with Crippen molar-refractivity contribution in [3.8, 4) is 0 Å². The number of amides is 1. The molecule has 1 aromatic carbocycles. The predicted octanol–water partition coefficient (Wildman–Crippen LogP) is 1.36. The first-order valence-electron chi connectivity index (χ1n) is 7.32. The average molecular weight is 288 g/mol. The van der Waals surface area contributed by atoms with Crippen LogP contribution in [0, 0.1) is 5.92 Å². The highest BCUT2D eigenvalue weighted by molar-refractivity contribution is 6.02. The van der Waals surface area contributed by atoms with Crippen molar-refractivity contribution in [3.63, 3.8) is 0 Å². The van der Waals surface area contributed by atoms with E-state index in [9.17, 15) is 9.59 Å². The topological polar surface area (TPSA) is 95.4 Å². The Morgan fingerprint density at radius 1 is 1.14 bits per heavy atom. The number of hydrogen-bond acceptors (Lipinski definition) is 4. The van der Waals surface area contributed by atoms with E-state index in [2.05, 4.69) is 0 Å². The summed E-state index contributed by atoms with van der Waals surface area (Å²) in [6.07, 6.45) is 3.20. The molecule has 1 saturated heterocycles. The van der Waals surface area contributed by atoms with Crippen LogP contribution in [0.3, 0.4) is 0 Å². The Bertz CT molecular complexity index is 574. The number of primary amides is 1. The average Bonchev–Trinajstić information content (AvgIpc) is 3.05. The Hall–Kier alpha value is -1.72. The van der Waals surface area contributed by atoms with E-state index >= 15 is 0 Å². The van der Waals surface area contributed by atoms with Crippen molar-refractivity contribution in [2.24, 2.45) is 17.4 Å². The van der Waals surface area contributed by atoms with E-state index in [0.717, 1.165) is 6.42 Å². The van der Waals surface area contributed by atoms with Crippen molar-refractivity contribution in [1.29, 1.82) is 0 Å². The van der Waals surface area contributed by atoms with Gasteiger partial charge in [0.05, 0.1) is 5.60 Å². The van der Waals surface area contributed by atoms with E-state index < -0.39 is 11.3 Å². The molecule has 1 spiro atoms. The summed E-state index contributed by atoms with van der Waals surface area (Å²) in [5.41, 5.74) is 10.4. The molecule has 1 aromatic rings. The molecule has 21 heavy (non-hydrogen) atoms. The number of rotatable bonds is 3. The van der Waals surface area contributed by atoms with Gasteiger partial charge in [-0.15, -0.1) is 0 Å². The molecule has 2 aliphatic rings. The SMILES string of the molecule is NC(=O)C1CCC2(CCC(N)(C(=O)c3ccccc3)O2)C1. The van der Waals surface area contributed by atoms with Gasteiger partial charge in [0.1, 0.15) is 0 Å². The zero-order chi connectivity index (χ0) is 15.1. The van der Waals surface area contributed by atoms with Gasteiger partial charge in [0.15, 0.2) is 5.72 Å². The van der Waals surface area contributed by atoms with E-state index in [1.807, 2.05) is 6.07 Å². The van der Waals surface area contributed by atoms with Crippen LogP contribution in [0.5, 0.6) is 0 Å². The minimum Gasteiger partial charge on any atom is -0.369 e. The van der Waals surface area contributed by atoms with Gasteiger partial charge >= 0.3 is 0 Å². The van der Waals surface area contributed by atoms with Gasteiger partial charge in [-0.25, -0.2) is 0 Å². The van der Waals surface area contributed by atoms with E-state index in [1.165, 1.54) is 0 Å². The molecule has 1 saturated carbocycles. The summed E-state index contributed by atoms with van der Waals surface area (Å²) in [4.78, 5) is 23.9. The summed E-state index contributed by atoms with van der Waals surface area (Å²) in [6.45, 7) is 0. The molecule has 4 N–H and O–H groups in total. The van der Waals surface area contributed by atoms with Crippen LogP contribution in [0.15, 0.2) is 30.3 Å². The molecule has 112 valence electrons. The lowest BCUT2D eigenvalue weighted by Gasteiger charge is -2.29. The van der Waals surface area contributed by atoms with Crippen LogP contribution in [-0.2, 0) is 9.53 Å². The number of Topliss-reactive ketones (excluding diaryl/α,β-unsaturated/α-hetero) is 1. The number of carbonyl (C=O) groups excluding carboxylic acids is 2. The zero-order valence-corrected chi connectivity index (χ0v) is 11.9. The van der Waals surface area contributed by atoms with Crippen molar-refractivity contribution in [2.75, 3.05) is 0 Å². The summed E-state index contributed by atoms with van der Waals surface area (Å²) in [7, 11) is 0. The molecule has 3 unspecified atom stereocenters. The first-order valence-corrected chi connectivity index (χ1v) is 7.32. The normalized spacial score (nSPS) is 35.2. The van der Waals surface area contributed by atoms with Crippen LogP contribution in [0.1, 0.15) is 42.5 Å². The van der Waals surface area contributed by atoms with E-state index in [0.29, 0.717) is 31.2 Å². The number of benzene rings is 1. The van der Waals surface area contributed by atoms with Crippen molar-refractivity contribution >= 4 is 11.7 Å². The zero-order valence-electron chi connectivity index (χ0n) is 11.9. The van der Waals surface area contributed by atoms with E-state index in [1.54, 1.807) is 24.3 Å². The highest BCUT2D eigenvalue weighted by Gasteiger charge is 2.54. The predicted molar refractivity (Wildman–Crippen MR) is 77.3 cm³/mol. The second-order valence-electron chi connectivity index (χ2n) is 6.21. The van der Waals surface area contributed by atoms with Gasteiger partial charge in [-0.05, 0) is 25.7 Å². The van der Waals surface area contributed by atoms with Gasteiger partial charge in [-0.2, -0.15) is 0 Å². The third-order valence-electron chi connectivity index (χ3n) is 4.74. The second-order valence-corrected chi connectivity index (χ2v) is 6.21. The molecule has 2 fully saturated rings. The minimum absolute atomic E-state index is 0.167. The monoisotopic (exact) mass is 288 g/mol. The number of ether oxygens (including phenoxy) is 1. The first kappa shape index (κ1) is 14.2. The van der Waals surface area contributed by atoms with Crippen LogP contribution in [-0.4, -0.2) is 23.0 Å². The largest absolute Gasteiger partial charge is 0.369 e. The van der Waals surface area contributed by atoms with Gasteiger partial charge in [0.2, 0.25) is 11.7 Å². The maximum atomic E-state index is 12.6. The summed E-state index contributed by atoms with van der Waals surface area (Å²) in [6, 6.07) is 8.95. The number of hydrogen-bond donors (Lipinski definition) is 2. The van der Waals surface area contributed by atoms with Crippen LogP contribution < -0.4 is 11.5 Å². The summed E-state index contributed by atoms with van der Waals surface area (Å²) >= 11 is 0. The fourth-order valence-corrected chi connectivity index (χ4v) is 3.55. The molecule has 3 rings (SSSR count). The Morgan fingerprint density at radius 3 is 2.48 bits per heavy atom. The van der Waals surface area contributed by atoms with Crippen LogP contribution >= 0.6 is 0 Å². The maximum Gasteiger partial charge on any atom is 0.220 e. The fourth-order valence-electron chi connectivity index (χ4n) is 3.55. The highest BCUT2D eigenvalue weighted by Crippen LogP contribution is 2.48. The molecular formula is C16H20N2O3. The summed E-state index contributed by atoms with van der Waals surface area (Å²) in [5, 5.41) is 0. The smallest absolute Gasteiger partial charge is 0.220 e. The van der Waals surface area contributed by atoms with Gasteiger partial charge < -0.3 is 10.5 Å². The van der Waals surface area contributed by atoms with Crippen LogP contribution in [0.4, 0.5) is 0 Å².